The molecule has 5 rings (SSSR count). The lowest BCUT2D eigenvalue weighted by molar-refractivity contribution is -0.120. The first-order chi connectivity index (χ1) is 17.3. The summed E-state index contributed by atoms with van der Waals surface area (Å²) in [5.41, 5.74) is 2.36. The van der Waals surface area contributed by atoms with Crippen LogP contribution in [0.15, 0.2) is 65.6 Å². The van der Waals surface area contributed by atoms with Gasteiger partial charge in [-0.2, -0.15) is 0 Å². The summed E-state index contributed by atoms with van der Waals surface area (Å²) < 4.78 is 38.0. The highest BCUT2D eigenvalue weighted by Crippen LogP contribution is 2.51. The highest BCUT2D eigenvalue weighted by atomic mass is 32.2. The average Bonchev–Trinajstić information content (AvgIpc) is 3.58. The van der Waals surface area contributed by atoms with Crippen LogP contribution in [0.25, 0.3) is 11.3 Å². The van der Waals surface area contributed by atoms with Crippen LogP contribution in [-0.2, 0) is 26.7 Å². The van der Waals surface area contributed by atoms with Crippen LogP contribution in [-0.4, -0.2) is 55.4 Å². The van der Waals surface area contributed by atoms with Gasteiger partial charge in [-0.1, -0.05) is 24.3 Å². The highest BCUT2D eigenvalue weighted by molar-refractivity contribution is 7.89. The van der Waals surface area contributed by atoms with Gasteiger partial charge >= 0.3 is 0 Å². The number of hydrogen-bond donors (Lipinski definition) is 3. The quantitative estimate of drug-likeness (QED) is 0.376. The number of Topliss-reactive ketones (excluding diaryl/α,β-unsaturated/α-hetero) is 1. The molecule has 0 radical (unpaired) electrons. The third-order valence-electron chi connectivity index (χ3n) is 6.58. The van der Waals surface area contributed by atoms with E-state index in [4.69, 9.17) is 19.7 Å². The molecule has 3 N–H and O–H groups in total. The van der Waals surface area contributed by atoms with Gasteiger partial charge in [0.2, 0.25) is 16.8 Å². The van der Waals surface area contributed by atoms with Gasteiger partial charge in [-0.15, -0.1) is 0 Å². The first-order valence-electron chi connectivity index (χ1n) is 11.6. The minimum Gasteiger partial charge on any atom is -0.454 e. The molecule has 0 amide bonds. The van der Waals surface area contributed by atoms with Crippen molar-refractivity contribution in [3.63, 3.8) is 0 Å². The van der Waals surface area contributed by atoms with Crippen LogP contribution in [0, 0.1) is 0 Å². The molecule has 0 atom stereocenters. The predicted octanol–water partition coefficient (Wildman–Crippen LogP) is 2.44. The monoisotopic (exact) mass is 514 g/mol. The second-order valence-electron chi connectivity index (χ2n) is 8.97. The van der Waals surface area contributed by atoms with Crippen molar-refractivity contribution in [2.24, 2.45) is 0 Å². The zero-order chi connectivity index (χ0) is 25.3. The first kappa shape index (κ1) is 24.4. The molecule has 9 nitrogen and oxygen atoms in total. The topological polar surface area (TPSA) is 135 Å². The number of ether oxygens (including phenoxy) is 2. The average molecular weight is 515 g/mol. The number of nitrogens with one attached hydrogen (secondary N) is 1. The van der Waals surface area contributed by atoms with Crippen molar-refractivity contribution >= 4 is 15.8 Å². The molecule has 0 saturated heterocycles. The standard InChI is InChI=1S/C26H26N2O7S.2H2/c29-14-20(15-30)28-36(32,33)21-7-4-17(5-8-21)22-3-1-2-19(27-22)13-25(31)26(10-11-26)18-6-9-23-24(12-18)35-16-34-23;;/h1-9,12,20,28-30H,10-11,13-16H2;2*1H. The Kier molecular flexibility index (Phi) is 6.52. The van der Waals surface area contributed by atoms with Crippen molar-refractivity contribution in [2.75, 3.05) is 20.0 Å². The maximum Gasteiger partial charge on any atom is 0.240 e. The van der Waals surface area contributed by atoms with Gasteiger partial charge in [0.1, 0.15) is 5.78 Å². The van der Waals surface area contributed by atoms with Crippen LogP contribution >= 0.6 is 0 Å². The van der Waals surface area contributed by atoms with Gasteiger partial charge in [0.25, 0.3) is 0 Å². The number of rotatable bonds is 10. The summed E-state index contributed by atoms with van der Waals surface area (Å²) in [5.74, 6) is 1.45. The molecule has 1 saturated carbocycles. The molecule has 36 heavy (non-hydrogen) atoms. The van der Waals surface area contributed by atoms with E-state index in [1.165, 1.54) is 12.1 Å². The molecular formula is C26H30N2O7S. The van der Waals surface area contributed by atoms with Gasteiger partial charge in [-0.25, -0.2) is 13.1 Å². The number of ketones is 1. The van der Waals surface area contributed by atoms with E-state index in [0.29, 0.717) is 28.5 Å². The second-order valence-corrected chi connectivity index (χ2v) is 10.7. The molecular weight excluding hydrogens is 484 g/mol. The van der Waals surface area contributed by atoms with E-state index in [0.717, 1.165) is 18.4 Å². The Morgan fingerprint density at radius 3 is 2.44 bits per heavy atom. The summed E-state index contributed by atoms with van der Waals surface area (Å²) in [6.07, 6.45) is 1.74. The van der Waals surface area contributed by atoms with E-state index in [1.807, 2.05) is 30.3 Å². The molecule has 1 fully saturated rings. The Bertz CT molecular complexity index is 1390. The number of aromatic nitrogens is 1. The minimum atomic E-state index is -3.90. The number of nitrogens with zero attached hydrogens (tertiary/aromatic N) is 1. The number of aliphatic hydroxyl groups excluding tert-OH is 2. The van der Waals surface area contributed by atoms with Crippen molar-refractivity contribution < 1.29 is 35.8 Å². The Morgan fingerprint density at radius 2 is 1.75 bits per heavy atom. The van der Waals surface area contributed by atoms with Crippen LogP contribution in [0.2, 0.25) is 0 Å². The Morgan fingerprint density at radius 1 is 1.03 bits per heavy atom. The SMILES string of the molecule is O=C(Cc1cccc(-c2ccc(S(=O)(=O)NC(CO)CO)cc2)n1)C1(c2ccc3c(c2)OCO3)CC1.[HH].[HH]. The lowest BCUT2D eigenvalue weighted by atomic mass is 9.88. The molecule has 2 aromatic carbocycles. The van der Waals surface area contributed by atoms with Crippen molar-refractivity contribution in [3.05, 3.63) is 71.9 Å². The van der Waals surface area contributed by atoms with Crippen LogP contribution < -0.4 is 14.2 Å². The van der Waals surface area contributed by atoms with E-state index in [2.05, 4.69) is 9.71 Å². The fourth-order valence-corrected chi connectivity index (χ4v) is 5.56. The first-order valence-corrected chi connectivity index (χ1v) is 13.1. The van der Waals surface area contributed by atoms with Crippen LogP contribution in [0.3, 0.4) is 0 Å². The third-order valence-corrected chi connectivity index (χ3v) is 8.12. The lowest BCUT2D eigenvalue weighted by Gasteiger charge is -2.15. The Labute approximate surface area is 211 Å². The van der Waals surface area contributed by atoms with Gasteiger partial charge in [0, 0.05) is 20.5 Å². The summed E-state index contributed by atoms with van der Waals surface area (Å²) in [6, 6.07) is 16.2. The molecule has 0 unspecified atom stereocenters. The van der Waals surface area contributed by atoms with E-state index >= 15 is 0 Å². The Balaban J connectivity index is 0.00000200. The summed E-state index contributed by atoms with van der Waals surface area (Å²) in [7, 11) is -3.90. The molecule has 1 aliphatic heterocycles. The van der Waals surface area contributed by atoms with E-state index in [9.17, 15) is 13.2 Å². The molecule has 10 heteroatoms. The van der Waals surface area contributed by atoms with E-state index in [-0.39, 0.29) is 26.7 Å². The number of fused-ring (bicyclic) bond motifs is 1. The lowest BCUT2D eigenvalue weighted by Crippen LogP contribution is -2.39. The van der Waals surface area contributed by atoms with Gasteiger partial charge in [0.05, 0.1) is 35.3 Å². The van der Waals surface area contributed by atoms with Crippen LogP contribution in [0.1, 0.15) is 27.0 Å². The minimum absolute atomic E-state index is 0. The van der Waals surface area contributed by atoms with Crippen molar-refractivity contribution in [1.82, 2.24) is 9.71 Å². The fourth-order valence-electron chi connectivity index (χ4n) is 4.34. The molecule has 2 heterocycles. The summed E-state index contributed by atoms with van der Waals surface area (Å²) >= 11 is 0. The van der Waals surface area contributed by atoms with Gasteiger partial charge in [-0.3, -0.25) is 9.78 Å². The molecule has 2 aliphatic rings. The van der Waals surface area contributed by atoms with Crippen LogP contribution in [0.5, 0.6) is 11.5 Å². The fraction of sp³-hybridized carbons (Fsp3) is 0.308. The summed E-state index contributed by atoms with van der Waals surface area (Å²) in [6.45, 7) is -0.843. The highest BCUT2D eigenvalue weighted by Gasteiger charge is 2.51. The third kappa shape index (κ3) is 4.72. The maximum absolute atomic E-state index is 13.3. The number of pyridine rings is 1. The normalized spacial score (nSPS) is 15.8. The summed E-state index contributed by atoms with van der Waals surface area (Å²) in [4.78, 5) is 18.0. The molecule has 192 valence electrons. The number of sulfonamides is 1. The second kappa shape index (κ2) is 9.62. The van der Waals surface area contributed by atoms with E-state index in [1.54, 1.807) is 18.2 Å². The van der Waals surface area contributed by atoms with Crippen molar-refractivity contribution in [2.45, 2.75) is 35.6 Å². The van der Waals surface area contributed by atoms with E-state index < -0.39 is 34.7 Å². The van der Waals surface area contributed by atoms with Crippen LogP contribution in [0.4, 0.5) is 0 Å². The number of hydrogen-bond acceptors (Lipinski definition) is 8. The zero-order valence-corrected chi connectivity index (χ0v) is 20.2. The molecule has 1 aromatic heterocycles. The summed E-state index contributed by atoms with van der Waals surface area (Å²) in [5, 5.41) is 18.3. The molecule has 0 bridgehead atoms. The number of carbonyl (C=O) groups is 1. The number of carbonyl (C=O) groups excluding carboxylic acids is 1. The van der Waals surface area contributed by atoms with Gasteiger partial charge in [0.15, 0.2) is 11.5 Å². The van der Waals surface area contributed by atoms with Gasteiger partial charge < -0.3 is 19.7 Å². The molecule has 0 spiro atoms. The largest absolute Gasteiger partial charge is 0.454 e. The number of aliphatic hydroxyl groups is 2. The predicted molar refractivity (Wildman–Crippen MR) is 134 cm³/mol. The van der Waals surface area contributed by atoms with Crippen molar-refractivity contribution in [3.8, 4) is 22.8 Å². The maximum atomic E-state index is 13.3. The Hall–Kier alpha value is -3.31. The van der Waals surface area contributed by atoms with Gasteiger partial charge in [-0.05, 0) is 54.8 Å². The zero-order valence-electron chi connectivity index (χ0n) is 19.4. The molecule has 3 aromatic rings. The molecule has 1 aliphatic carbocycles. The van der Waals surface area contributed by atoms with Crippen molar-refractivity contribution in [1.29, 1.82) is 0 Å². The number of benzene rings is 2. The smallest absolute Gasteiger partial charge is 0.240 e.